The van der Waals surface area contributed by atoms with Crippen molar-refractivity contribution in [3.05, 3.63) is 22.8 Å². The number of unbranched alkanes of at least 4 members (excludes halogenated alkanes) is 1. The number of nitrogens with one attached hydrogen (secondary N) is 1. The van der Waals surface area contributed by atoms with Crippen molar-refractivity contribution in [3.63, 3.8) is 0 Å². The minimum atomic E-state index is -0.615. The fourth-order valence-electron chi connectivity index (χ4n) is 2.50. The lowest BCUT2D eigenvalue weighted by atomic mass is 10.2. The Hall–Kier alpha value is -1.31. The van der Waals surface area contributed by atoms with Crippen LogP contribution in [0.25, 0.3) is 0 Å². The molecule has 2 unspecified atom stereocenters. The van der Waals surface area contributed by atoms with E-state index in [1.807, 2.05) is 31.7 Å². The zero-order valence-electron chi connectivity index (χ0n) is 14.0. The highest BCUT2D eigenvalue weighted by atomic mass is 32.1. The van der Waals surface area contributed by atoms with Gasteiger partial charge in [0.05, 0.1) is 29.4 Å². The Bertz CT molecular complexity index is 481. The average Bonchev–Trinajstić information content (AvgIpc) is 2.41. The summed E-state index contributed by atoms with van der Waals surface area (Å²) in [7, 11) is 0. The van der Waals surface area contributed by atoms with Crippen molar-refractivity contribution < 1.29 is 14.3 Å². The first-order valence-corrected chi connectivity index (χ1v) is 8.35. The van der Waals surface area contributed by atoms with Crippen molar-refractivity contribution in [2.75, 3.05) is 19.6 Å². The number of allylic oxidation sites excluding steroid dienone is 1. The molecule has 6 nitrogen and oxygen atoms in total. The number of hydrogen-bond acceptors (Lipinski definition) is 5. The first-order chi connectivity index (χ1) is 10.8. The van der Waals surface area contributed by atoms with Gasteiger partial charge in [-0.1, -0.05) is 25.5 Å². The van der Waals surface area contributed by atoms with E-state index in [2.05, 4.69) is 17.9 Å². The van der Waals surface area contributed by atoms with Gasteiger partial charge in [0.15, 0.2) is 0 Å². The van der Waals surface area contributed by atoms with E-state index in [9.17, 15) is 9.59 Å². The summed E-state index contributed by atoms with van der Waals surface area (Å²) in [5.41, 5.74) is 5.55. The molecule has 2 atom stereocenters. The quantitative estimate of drug-likeness (QED) is 0.369. The normalized spacial score (nSPS) is 23.7. The van der Waals surface area contributed by atoms with Gasteiger partial charge in [-0.25, -0.2) is 0 Å². The van der Waals surface area contributed by atoms with Crippen LogP contribution in [0.3, 0.4) is 0 Å². The molecule has 1 aliphatic heterocycles. The van der Waals surface area contributed by atoms with Gasteiger partial charge in [0, 0.05) is 13.1 Å². The highest BCUT2D eigenvalue weighted by Gasteiger charge is 2.24. The summed E-state index contributed by atoms with van der Waals surface area (Å²) in [5, 5.41) is 2.82. The molecule has 1 fully saturated rings. The van der Waals surface area contributed by atoms with E-state index >= 15 is 0 Å². The van der Waals surface area contributed by atoms with Crippen LogP contribution < -0.4 is 11.1 Å². The van der Waals surface area contributed by atoms with Crippen LogP contribution in [0.15, 0.2) is 22.8 Å². The minimum absolute atomic E-state index is 0.0933. The Morgan fingerprint density at radius 3 is 2.48 bits per heavy atom. The first kappa shape index (κ1) is 19.7. The lowest BCUT2D eigenvalue weighted by Crippen LogP contribution is -2.48. The van der Waals surface area contributed by atoms with E-state index in [1.165, 1.54) is 0 Å². The average molecular weight is 341 g/mol. The molecule has 23 heavy (non-hydrogen) atoms. The van der Waals surface area contributed by atoms with Crippen molar-refractivity contribution in [1.82, 2.24) is 10.2 Å². The molecule has 1 aliphatic rings. The molecule has 0 aromatic rings. The zero-order chi connectivity index (χ0) is 17.4. The van der Waals surface area contributed by atoms with Gasteiger partial charge in [-0.2, -0.15) is 0 Å². The lowest BCUT2D eigenvalue weighted by molar-refractivity contribution is -0.125. The van der Waals surface area contributed by atoms with E-state index in [4.69, 9.17) is 10.5 Å². The Morgan fingerprint density at radius 2 is 1.96 bits per heavy atom. The Kier molecular flexibility index (Phi) is 8.36. The number of amides is 2. The predicted octanol–water partition coefficient (Wildman–Crippen LogP) is 1.19. The fraction of sp³-hybridized carbons (Fsp3) is 0.625. The Labute approximate surface area is 143 Å². The second-order valence-electron chi connectivity index (χ2n) is 5.82. The van der Waals surface area contributed by atoms with Crippen LogP contribution in [0, 0.1) is 0 Å². The second-order valence-corrected chi connectivity index (χ2v) is 6.26. The number of ether oxygens (including phenoxy) is 1. The van der Waals surface area contributed by atoms with Crippen LogP contribution in [0.1, 0.15) is 33.6 Å². The van der Waals surface area contributed by atoms with Crippen LogP contribution in [0.5, 0.6) is 0 Å². The molecule has 7 heteroatoms. The van der Waals surface area contributed by atoms with Crippen molar-refractivity contribution in [1.29, 1.82) is 0 Å². The van der Waals surface area contributed by atoms with Crippen LogP contribution >= 0.6 is 12.6 Å². The van der Waals surface area contributed by atoms with Gasteiger partial charge in [-0.3, -0.25) is 14.5 Å². The van der Waals surface area contributed by atoms with Crippen molar-refractivity contribution in [3.8, 4) is 0 Å². The number of carbonyl (C=O) groups excluding carboxylic acids is 2. The molecule has 1 saturated heterocycles. The Morgan fingerprint density at radius 1 is 1.35 bits per heavy atom. The monoisotopic (exact) mass is 341 g/mol. The number of rotatable bonds is 7. The molecule has 0 radical (unpaired) electrons. The molecule has 0 spiro atoms. The van der Waals surface area contributed by atoms with Gasteiger partial charge in [0.2, 0.25) is 5.91 Å². The maximum atomic E-state index is 12.1. The summed E-state index contributed by atoms with van der Waals surface area (Å²) >= 11 is 4.21. The van der Waals surface area contributed by atoms with Crippen molar-refractivity contribution in [2.45, 2.75) is 45.8 Å². The Balaban J connectivity index is 2.65. The number of morpholine rings is 1. The van der Waals surface area contributed by atoms with E-state index in [0.717, 1.165) is 12.8 Å². The topological polar surface area (TPSA) is 84.7 Å². The molecule has 130 valence electrons. The molecular weight excluding hydrogens is 314 g/mol. The standard InChI is InChI=1S/C16H27N3O3S/c1-4-5-6-7-13(15(17)21)16(23)18-14(20)10-19-8-11(2)22-12(3)9-19/h6-7,11-12,23H,4-5,8-10H2,1-3H3,(H2,17,21)(H,18,20)/b7-6+,16-13+. The third kappa shape index (κ3) is 7.20. The summed E-state index contributed by atoms with van der Waals surface area (Å²) in [4.78, 5) is 25.6. The maximum Gasteiger partial charge on any atom is 0.251 e. The maximum absolute atomic E-state index is 12.1. The van der Waals surface area contributed by atoms with Crippen molar-refractivity contribution >= 4 is 24.4 Å². The van der Waals surface area contributed by atoms with Gasteiger partial charge in [0.1, 0.15) is 0 Å². The summed E-state index contributed by atoms with van der Waals surface area (Å²) in [5.74, 6) is -0.838. The van der Waals surface area contributed by atoms with Gasteiger partial charge in [-0.15, -0.1) is 12.6 Å². The number of thiol groups is 1. The summed E-state index contributed by atoms with van der Waals surface area (Å²) in [6.07, 6.45) is 5.42. The number of primary amides is 1. The summed E-state index contributed by atoms with van der Waals surface area (Å²) < 4.78 is 5.64. The molecule has 2 amide bonds. The van der Waals surface area contributed by atoms with Crippen LogP contribution in [0.4, 0.5) is 0 Å². The number of hydrogen-bond donors (Lipinski definition) is 3. The summed E-state index contributed by atoms with van der Waals surface area (Å²) in [6, 6.07) is 0. The molecule has 0 aromatic heterocycles. The molecule has 0 aliphatic carbocycles. The van der Waals surface area contributed by atoms with Gasteiger partial charge in [0.25, 0.3) is 5.91 Å². The largest absolute Gasteiger partial charge is 0.373 e. The van der Waals surface area contributed by atoms with Crippen LogP contribution in [0.2, 0.25) is 0 Å². The third-order valence-electron chi connectivity index (χ3n) is 3.38. The molecule has 0 bridgehead atoms. The molecule has 0 aromatic carbocycles. The molecule has 1 rings (SSSR count). The first-order valence-electron chi connectivity index (χ1n) is 7.90. The smallest absolute Gasteiger partial charge is 0.251 e. The lowest BCUT2D eigenvalue weighted by Gasteiger charge is -2.34. The second kappa shape index (κ2) is 9.75. The van der Waals surface area contributed by atoms with Crippen LogP contribution in [-0.4, -0.2) is 48.6 Å². The van der Waals surface area contributed by atoms with Crippen molar-refractivity contribution in [2.24, 2.45) is 5.73 Å². The number of nitrogens with two attached hydrogens (primary N) is 1. The van der Waals surface area contributed by atoms with E-state index < -0.39 is 5.91 Å². The third-order valence-corrected chi connectivity index (χ3v) is 3.73. The van der Waals surface area contributed by atoms with Gasteiger partial charge < -0.3 is 15.8 Å². The fourth-order valence-corrected chi connectivity index (χ4v) is 2.81. The highest BCUT2D eigenvalue weighted by Crippen LogP contribution is 2.11. The SMILES string of the molecule is CCC/C=C/C(C(N)=O)=C(\S)NC(=O)CN1CC(C)OC(C)C1. The zero-order valence-corrected chi connectivity index (χ0v) is 14.9. The molecular formula is C16H27N3O3S. The van der Waals surface area contributed by atoms with Crippen LogP contribution in [-0.2, 0) is 14.3 Å². The van der Waals surface area contributed by atoms with Gasteiger partial charge in [-0.05, 0) is 20.3 Å². The van der Waals surface area contributed by atoms with E-state index in [1.54, 1.807) is 6.08 Å². The van der Waals surface area contributed by atoms with E-state index in [0.29, 0.717) is 13.1 Å². The summed E-state index contributed by atoms with van der Waals surface area (Å²) in [6.45, 7) is 7.62. The molecule has 1 heterocycles. The van der Waals surface area contributed by atoms with Gasteiger partial charge >= 0.3 is 0 Å². The number of carbonyl (C=O) groups is 2. The van der Waals surface area contributed by atoms with E-state index in [-0.39, 0.29) is 35.3 Å². The minimum Gasteiger partial charge on any atom is -0.373 e. The number of nitrogens with zero attached hydrogens (tertiary/aromatic N) is 1. The molecule has 0 saturated carbocycles. The molecule has 3 N–H and O–H groups in total. The highest BCUT2D eigenvalue weighted by molar-refractivity contribution is 7.84. The predicted molar refractivity (Wildman–Crippen MR) is 93.8 cm³/mol.